The first-order valence-corrected chi connectivity index (χ1v) is 11.6. The lowest BCUT2D eigenvalue weighted by Gasteiger charge is -2.18. The average molecular weight is 490 g/mol. The second kappa shape index (κ2) is 9.55. The number of aryl methyl sites for hydroxylation is 1. The van der Waals surface area contributed by atoms with Gasteiger partial charge in [-0.2, -0.15) is 13.5 Å². The van der Waals surface area contributed by atoms with E-state index in [1.54, 1.807) is 13.8 Å². The average Bonchev–Trinajstić information content (AvgIpc) is 3.16. The highest BCUT2D eigenvalue weighted by Gasteiger charge is 2.26. The highest BCUT2D eigenvalue weighted by Crippen LogP contribution is 2.35. The molecule has 3 aromatic rings. The maximum atomic E-state index is 14.3. The van der Waals surface area contributed by atoms with Crippen LogP contribution in [0.2, 0.25) is 0 Å². The monoisotopic (exact) mass is 489 g/mol. The molecule has 0 aliphatic carbocycles. The third-order valence-electron chi connectivity index (χ3n) is 4.85. The second-order valence-electron chi connectivity index (χ2n) is 7.95. The molecule has 0 spiro atoms. The molecule has 0 aliphatic heterocycles. The van der Waals surface area contributed by atoms with E-state index in [0.29, 0.717) is 11.1 Å². The molecule has 0 saturated carbocycles. The van der Waals surface area contributed by atoms with Crippen molar-refractivity contribution in [2.24, 2.45) is 7.05 Å². The largest absolute Gasteiger partial charge is 0.343 e. The van der Waals surface area contributed by atoms with Crippen molar-refractivity contribution in [1.82, 2.24) is 29.4 Å². The Morgan fingerprint density at radius 3 is 2.35 bits per heavy atom. The fourth-order valence-corrected chi connectivity index (χ4v) is 4.10. The minimum Gasteiger partial charge on any atom is -0.343 e. The van der Waals surface area contributed by atoms with Crippen molar-refractivity contribution < 1.29 is 22.4 Å². The Labute approximate surface area is 196 Å². The van der Waals surface area contributed by atoms with Crippen LogP contribution >= 0.6 is 0 Å². The minimum atomic E-state index is -4.42. The van der Waals surface area contributed by atoms with E-state index in [9.17, 15) is 22.4 Å². The summed E-state index contributed by atoms with van der Waals surface area (Å²) in [6, 6.07) is 2.45. The van der Waals surface area contributed by atoms with Gasteiger partial charge in [0, 0.05) is 50.7 Å². The topological polar surface area (TPSA) is 139 Å². The van der Waals surface area contributed by atoms with E-state index in [1.807, 2.05) is 4.72 Å². The predicted octanol–water partition coefficient (Wildman–Crippen LogP) is 2.35. The van der Waals surface area contributed by atoms with E-state index in [0.717, 1.165) is 10.7 Å². The van der Waals surface area contributed by atoms with E-state index >= 15 is 0 Å². The van der Waals surface area contributed by atoms with Gasteiger partial charge in [0.25, 0.3) is 15.9 Å². The van der Waals surface area contributed by atoms with Crippen LogP contribution in [0.25, 0.3) is 11.1 Å². The number of aromatic nitrogens is 4. The number of nitrogens with zero attached hydrogens (tertiary/aromatic N) is 5. The Morgan fingerprint density at radius 1 is 1.12 bits per heavy atom. The van der Waals surface area contributed by atoms with E-state index in [1.165, 1.54) is 56.9 Å². The Hall–Kier alpha value is -3.87. The summed E-state index contributed by atoms with van der Waals surface area (Å²) < 4.78 is 42.9. The highest BCUT2D eigenvalue weighted by molar-refractivity contribution is 7.90. The summed E-state index contributed by atoms with van der Waals surface area (Å²) in [5, 5.41) is 5.85. The number of hydrogen-bond donors (Lipinski definition) is 2. The maximum Gasteiger partial charge on any atom is 0.333 e. The summed E-state index contributed by atoms with van der Waals surface area (Å²) in [4.78, 5) is 34.1. The molecule has 2 heterocycles. The van der Waals surface area contributed by atoms with E-state index < -0.39 is 32.8 Å². The lowest BCUT2D eigenvalue weighted by molar-refractivity contribution is 0.0817. The lowest BCUT2D eigenvalue weighted by Crippen LogP contribution is -2.35. The third kappa shape index (κ3) is 5.20. The fourth-order valence-electron chi connectivity index (χ4n) is 3.20. The van der Waals surface area contributed by atoms with Crippen molar-refractivity contribution in [3.05, 3.63) is 54.0 Å². The molecular formula is C21H24FN7O4S. The molecule has 11 nitrogen and oxygen atoms in total. The first-order chi connectivity index (χ1) is 15.9. The fraction of sp³-hybridized carbons (Fsp3) is 0.286. The van der Waals surface area contributed by atoms with Crippen LogP contribution < -0.4 is 10.0 Å². The van der Waals surface area contributed by atoms with Gasteiger partial charge in [-0.05, 0) is 23.6 Å². The van der Waals surface area contributed by atoms with Gasteiger partial charge < -0.3 is 10.2 Å². The van der Waals surface area contributed by atoms with Gasteiger partial charge in [-0.25, -0.2) is 23.9 Å². The standard InChI is InChI=1S/C21H24FN7O4S/c1-12(2)15-6-14(22)7-16(13-9-23-11-24-10-13)19(15)25-21(31)27-34(32,33)18-8-17(29(5)26-18)20(30)28(3)4/h6-12H,1-5H3,(H2,25,27,31). The molecule has 0 fully saturated rings. The van der Waals surface area contributed by atoms with Crippen LogP contribution in [0.3, 0.4) is 0 Å². The van der Waals surface area contributed by atoms with E-state index in [4.69, 9.17) is 0 Å². The van der Waals surface area contributed by atoms with Gasteiger partial charge in [0.2, 0.25) is 0 Å². The molecule has 1 aromatic carbocycles. The molecule has 2 N–H and O–H groups in total. The van der Waals surface area contributed by atoms with Crippen LogP contribution in [-0.4, -0.2) is 59.1 Å². The molecule has 13 heteroatoms. The number of halogens is 1. The summed E-state index contributed by atoms with van der Waals surface area (Å²) >= 11 is 0. The van der Waals surface area contributed by atoms with Crippen LogP contribution in [0, 0.1) is 5.82 Å². The van der Waals surface area contributed by atoms with Gasteiger partial charge in [0.1, 0.15) is 17.8 Å². The summed E-state index contributed by atoms with van der Waals surface area (Å²) in [5.74, 6) is -1.20. The lowest BCUT2D eigenvalue weighted by atomic mass is 9.95. The summed E-state index contributed by atoms with van der Waals surface area (Å²) in [7, 11) is 0.0183. The van der Waals surface area contributed by atoms with Crippen LogP contribution in [0.5, 0.6) is 0 Å². The van der Waals surface area contributed by atoms with Gasteiger partial charge in [-0.15, -0.1) is 0 Å². The maximum absolute atomic E-state index is 14.3. The van der Waals surface area contributed by atoms with Crippen LogP contribution in [-0.2, 0) is 17.1 Å². The van der Waals surface area contributed by atoms with Crippen LogP contribution in [0.15, 0.2) is 41.9 Å². The molecule has 0 saturated heterocycles. The smallest absolute Gasteiger partial charge is 0.333 e. The van der Waals surface area contributed by atoms with Crippen molar-refractivity contribution in [2.45, 2.75) is 24.8 Å². The van der Waals surface area contributed by atoms with Crippen molar-refractivity contribution in [3.63, 3.8) is 0 Å². The number of carbonyl (C=O) groups is 2. The van der Waals surface area contributed by atoms with Crippen molar-refractivity contribution >= 4 is 27.6 Å². The molecule has 0 atom stereocenters. The highest BCUT2D eigenvalue weighted by atomic mass is 32.2. The molecule has 34 heavy (non-hydrogen) atoms. The SMILES string of the molecule is CC(C)c1cc(F)cc(-c2cncnc2)c1NC(=O)NS(=O)(=O)c1cc(C(=O)N(C)C)n(C)n1. The summed E-state index contributed by atoms with van der Waals surface area (Å²) in [6.45, 7) is 3.61. The molecule has 2 aromatic heterocycles. The third-order valence-corrected chi connectivity index (χ3v) is 6.06. The first kappa shape index (κ1) is 24.8. The number of benzene rings is 1. The number of sulfonamides is 1. The quantitative estimate of drug-likeness (QED) is 0.542. The second-order valence-corrected chi connectivity index (χ2v) is 9.58. The first-order valence-electron chi connectivity index (χ1n) is 10.1. The molecule has 0 bridgehead atoms. The van der Waals surface area contributed by atoms with Gasteiger partial charge >= 0.3 is 6.03 Å². The molecule has 3 rings (SSSR count). The number of amides is 3. The predicted molar refractivity (Wildman–Crippen MR) is 122 cm³/mol. The van der Waals surface area contributed by atoms with Crippen molar-refractivity contribution in [3.8, 4) is 11.1 Å². The van der Waals surface area contributed by atoms with Gasteiger partial charge in [0.05, 0.1) is 5.69 Å². The summed E-state index contributed by atoms with van der Waals surface area (Å²) in [6.07, 6.45) is 4.20. The van der Waals surface area contributed by atoms with E-state index in [-0.39, 0.29) is 22.9 Å². The van der Waals surface area contributed by atoms with Crippen molar-refractivity contribution in [1.29, 1.82) is 0 Å². The zero-order chi connectivity index (χ0) is 25.2. The number of urea groups is 1. The van der Waals surface area contributed by atoms with Crippen molar-refractivity contribution in [2.75, 3.05) is 19.4 Å². The number of nitrogens with one attached hydrogen (secondary N) is 2. The number of rotatable bonds is 6. The van der Waals surface area contributed by atoms with E-state index in [2.05, 4.69) is 20.4 Å². The van der Waals surface area contributed by atoms with Crippen LogP contribution in [0.1, 0.15) is 35.8 Å². The number of anilines is 1. The molecule has 0 unspecified atom stereocenters. The van der Waals surface area contributed by atoms with Gasteiger partial charge in [-0.1, -0.05) is 13.8 Å². The Balaban J connectivity index is 1.95. The zero-order valence-electron chi connectivity index (χ0n) is 19.2. The van der Waals surface area contributed by atoms with Gasteiger partial charge in [-0.3, -0.25) is 9.48 Å². The van der Waals surface area contributed by atoms with Gasteiger partial charge in [0.15, 0.2) is 5.03 Å². The number of hydrogen-bond acceptors (Lipinski definition) is 7. The summed E-state index contributed by atoms with van der Waals surface area (Å²) in [5.41, 5.74) is 1.40. The molecule has 180 valence electrons. The normalized spacial score (nSPS) is 11.4. The molecule has 0 aliphatic rings. The minimum absolute atomic E-state index is 0.0257. The molecule has 0 radical (unpaired) electrons. The Bertz CT molecular complexity index is 1340. The molecule has 3 amide bonds. The Kier molecular flexibility index (Phi) is 6.96. The van der Waals surface area contributed by atoms with Crippen LogP contribution in [0.4, 0.5) is 14.9 Å². The Morgan fingerprint density at radius 2 is 1.76 bits per heavy atom. The molecular weight excluding hydrogens is 465 g/mol. The zero-order valence-corrected chi connectivity index (χ0v) is 20.0. The number of carbonyl (C=O) groups excluding carboxylic acids is 2.